The van der Waals surface area contributed by atoms with Crippen molar-refractivity contribution in [3.8, 4) is 0 Å². The van der Waals surface area contributed by atoms with E-state index in [1.165, 1.54) is 20.5 Å². The van der Waals surface area contributed by atoms with Gasteiger partial charge in [0.2, 0.25) is 5.91 Å². The van der Waals surface area contributed by atoms with Crippen LogP contribution >= 0.6 is 0 Å². The van der Waals surface area contributed by atoms with E-state index >= 15 is 0 Å². The molecule has 5 heteroatoms. The Hall–Kier alpha value is -1.10. The molecule has 5 nitrogen and oxygen atoms in total. The molecule has 0 aromatic heterocycles. The van der Waals surface area contributed by atoms with E-state index in [0.29, 0.717) is 0 Å². The van der Waals surface area contributed by atoms with Crippen molar-refractivity contribution in [3.05, 3.63) is 0 Å². The lowest BCUT2D eigenvalue weighted by atomic mass is 9.89. The van der Waals surface area contributed by atoms with Gasteiger partial charge in [0.25, 0.3) is 0 Å². The Morgan fingerprint density at radius 3 is 2.21 bits per heavy atom. The second-order valence-corrected chi connectivity index (χ2v) is 5.60. The quantitative estimate of drug-likeness (QED) is 0.801. The SMILES string of the molecule is COCC(C)(NC(=O)C1CCCCCCC1)C(=O)O. The lowest BCUT2D eigenvalue weighted by Gasteiger charge is -2.28. The summed E-state index contributed by atoms with van der Waals surface area (Å²) < 4.78 is 4.91. The van der Waals surface area contributed by atoms with Gasteiger partial charge in [-0.1, -0.05) is 32.1 Å². The molecular formula is C14H25NO4. The van der Waals surface area contributed by atoms with Crippen LogP contribution < -0.4 is 5.32 Å². The zero-order valence-electron chi connectivity index (χ0n) is 11.9. The normalized spacial score (nSPS) is 20.9. The molecule has 0 aromatic rings. The molecule has 0 aromatic carbocycles. The van der Waals surface area contributed by atoms with Crippen LogP contribution in [0.15, 0.2) is 0 Å². The Morgan fingerprint density at radius 2 is 1.74 bits per heavy atom. The number of carboxylic acid groups (broad SMARTS) is 1. The van der Waals surface area contributed by atoms with E-state index in [1.807, 2.05) is 0 Å². The van der Waals surface area contributed by atoms with Crippen LogP contribution in [0.2, 0.25) is 0 Å². The van der Waals surface area contributed by atoms with Crippen LogP contribution in [0.5, 0.6) is 0 Å². The molecule has 1 aliphatic carbocycles. The maximum absolute atomic E-state index is 12.2. The number of nitrogens with one attached hydrogen (secondary N) is 1. The van der Waals surface area contributed by atoms with Gasteiger partial charge in [-0.2, -0.15) is 0 Å². The number of aliphatic carboxylic acids is 1. The Kier molecular flexibility index (Phi) is 6.28. The largest absolute Gasteiger partial charge is 0.479 e. The minimum Gasteiger partial charge on any atom is -0.479 e. The van der Waals surface area contributed by atoms with Crippen molar-refractivity contribution >= 4 is 11.9 Å². The molecule has 1 unspecified atom stereocenters. The van der Waals surface area contributed by atoms with Crippen molar-refractivity contribution in [1.29, 1.82) is 0 Å². The van der Waals surface area contributed by atoms with E-state index in [1.54, 1.807) is 0 Å². The minimum atomic E-state index is -1.34. The molecule has 0 heterocycles. The number of ether oxygens (including phenoxy) is 1. The van der Waals surface area contributed by atoms with Crippen LogP contribution in [-0.4, -0.2) is 36.2 Å². The van der Waals surface area contributed by atoms with Crippen LogP contribution in [0.3, 0.4) is 0 Å². The molecule has 1 saturated carbocycles. The molecule has 0 spiro atoms. The van der Waals surface area contributed by atoms with E-state index in [2.05, 4.69) is 5.32 Å². The number of carbonyl (C=O) groups is 2. The Labute approximate surface area is 114 Å². The van der Waals surface area contributed by atoms with Gasteiger partial charge in [0, 0.05) is 13.0 Å². The van der Waals surface area contributed by atoms with Crippen molar-refractivity contribution in [2.75, 3.05) is 13.7 Å². The number of rotatable bonds is 5. The third kappa shape index (κ3) is 4.82. The minimum absolute atomic E-state index is 0.0270. The maximum atomic E-state index is 12.2. The molecule has 1 fully saturated rings. The van der Waals surface area contributed by atoms with Crippen LogP contribution in [0.25, 0.3) is 0 Å². The highest BCUT2D eigenvalue weighted by atomic mass is 16.5. The van der Waals surface area contributed by atoms with Crippen molar-refractivity contribution in [2.24, 2.45) is 5.92 Å². The lowest BCUT2D eigenvalue weighted by molar-refractivity contribution is -0.150. The molecular weight excluding hydrogens is 246 g/mol. The summed E-state index contributed by atoms with van der Waals surface area (Å²) in [4.78, 5) is 23.5. The summed E-state index contributed by atoms with van der Waals surface area (Å²) >= 11 is 0. The number of carboxylic acids is 1. The summed E-state index contributed by atoms with van der Waals surface area (Å²) in [7, 11) is 1.43. The van der Waals surface area contributed by atoms with Crippen molar-refractivity contribution in [2.45, 2.75) is 57.4 Å². The summed E-state index contributed by atoms with van der Waals surface area (Å²) in [6, 6.07) is 0. The molecule has 0 bridgehead atoms. The summed E-state index contributed by atoms with van der Waals surface area (Å²) in [5.41, 5.74) is -1.34. The van der Waals surface area contributed by atoms with E-state index in [0.717, 1.165) is 38.5 Å². The fourth-order valence-corrected chi connectivity index (χ4v) is 2.53. The highest BCUT2D eigenvalue weighted by Gasteiger charge is 2.36. The van der Waals surface area contributed by atoms with Gasteiger partial charge in [-0.25, -0.2) is 4.79 Å². The van der Waals surface area contributed by atoms with Crippen LogP contribution in [0.4, 0.5) is 0 Å². The zero-order chi connectivity index (χ0) is 14.3. The number of methoxy groups -OCH3 is 1. The number of hydrogen-bond donors (Lipinski definition) is 2. The first-order valence-corrected chi connectivity index (χ1v) is 7.04. The smallest absolute Gasteiger partial charge is 0.331 e. The highest BCUT2D eigenvalue weighted by molar-refractivity contribution is 5.87. The monoisotopic (exact) mass is 271 g/mol. The van der Waals surface area contributed by atoms with Gasteiger partial charge < -0.3 is 15.2 Å². The molecule has 110 valence electrons. The summed E-state index contributed by atoms with van der Waals surface area (Å²) in [5, 5.41) is 11.9. The zero-order valence-corrected chi connectivity index (χ0v) is 11.9. The maximum Gasteiger partial charge on any atom is 0.331 e. The molecule has 1 aliphatic rings. The first kappa shape index (κ1) is 16.0. The Balaban J connectivity index is 2.61. The van der Waals surface area contributed by atoms with Gasteiger partial charge in [-0.05, 0) is 19.8 Å². The van der Waals surface area contributed by atoms with E-state index in [9.17, 15) is 14.7 Å². The number of amides is 1. The second-order valence-electron chi connectivity index (χ2n) is 5.60. The Morgan fingerprint density at radius 1 is 1.21 bits per heavy atom. The number of hydrogen-bond acceptors (Lipinski definition) is 3. The molecule has 19 heavy (non-hydrogen) atoms. The Bertz CT molecular complexity index is 311. The molecule has 1 amide bonds. The fourth-order valence-electron chi connectivity index (χ4n) is 2.53. The fraction of sp³-hybridized carbons (Fsp3) is 0.857. The molecule has 2 N–H and O–H groups in total. The molecule has 1 atom stereocenters. The lowest BCUT2D eigenvalue weighted by Crippen LogP contribution is -2.56. The second kappa shape index (κ2) is 7.48. The van der Waals surface area contributed by atoms with Gasteiger partial charge in [0.15, 0.2) is 5.54 Å². The topological polar surface area (TPSA) is 75.6 Å². The first-order chi connectivity index (χ1) is 8.99. The summed E-state index contributed by atoms with van der Waals surface area (Å²) in [6.45, 7) is 1.46. The van der Waals surface area contributed by atoms with Crippen LogP contribution in [0.1, 0.15) is 51.9 Å². The van der Waals surface area contributed by atoms with Gasteiger partial charge in [0.1, 0.15) is 0 Å². The van der Waals surface area contributed by atoms with Crippen LogP contribution in [0, 0.1) is 5.92 Å². The molecule has 1 rings (SSSR count). The summed E-state index contributed by atoms with van der Waals surface area (Å²) in [6.07, 6.45) is 7.38. The predicted molar refractivity (Wildman–Crippen MR) is 71.9 cm³/mol. The van der Waals surface area contributed by atoms with E-state index in [-0.39, 0.29) is 18.4 Å². The summed E-state index contributed by atoms with van der Waals surface area (Å²) in [5.74, 6) is -1.27. The third-order valence-electron chi connectivity index (χ3n) is 3.78. The molecule has 0 aliphatic heterocycles. The van der Waals surface area contributed by atoms with E-state index < -0.39 is 11.5 Å². The molecule has 0 saturated heterocycles. The van der Waals surface area contributed by atoms with Crippen molar-refractivity contribution in [3.63, 3.8) is 0 Å². The van der Waals surface area contributed by atoms with Crippen LogP contribution in [-0.2, 0) is 14.3 Å². The van der Waals surface area contributed by atoms with Crippen molar-refractivity contribution in [1.82, 2.24) is 5.32 Å². The number of carbonyl (C=O) groups excluding carboxylic acids is 1. The van der Waals surface area contributed by atoms with Gasteiger partial charge >= 0.3 is 5.97 Å². The predicted octanol–water partition coefficient (Wildman–Crippen LogP) is 1.95. The van der Waals surface area contributed by atoms with Gasteiger partial charge in [-0.15, -0.1) is 0 Å². The standard InChI is InChI=1S/C14H25NO4/c1-14(10-19-2,13(17)18)15-12(16)11-8-6-4-3-5-7-9-11/h11H,3-10H2,1-2H3,(H,15,16)(H,17,18). The average Bonchev–Trinajstić information content (AvgIpc) is 2.27. The van der Waals surface area contributed by atoms with Gasteiger partial charge in [-0.3, -0.25) is 4.79 Å². The first-order valence-electron chi connectivity index (χ1n) is 7.04. The molecule has 0 radical (unpaired) electrons. The van der Waals surface area contributed by atoms with Gasteiger partial charge in [0.05, 0.1) is 6.61 Å². The van der Waals surface area contributed by atoms with Crippen molar-refractivity contribution < 1.29 is 19.4 Å². The van der Waals surface area contributed by atoms with E-state index in [4.69, 9.17) is 4.74 Å². The third-order valence-corrected chi connectivity index (χ3v) is 3.78. The average molecular weight is 271 g/mol. The highest BCUT2D eigenvalue weighted by Crippen LogP contribution is 2.23.